The second-order valence-electron chi connectivity index (χ2n) is 26.0. The number of aliphatic hydroxyl groups is 1. The van der Waals surface area contributed by atoms with Crippen molar-refractivity contribution in [1.82, 2.24) is 0 Å². The molecule has 96 heavy (non-hydrogen) atoms. The zero-order chi connectivity index (χ0) is 69.0. The Morgan fingerprint density at radius 3 is 0.625 bits per heavy atom. The SMILES string of the molecule is CC/C=C\C/C=C\C/C=C\C/C=C\C/C=C\C/C=C\C/C=C\C/C=C\C/C=C\C/C=C\C/C=C\C/C=C\CCCCCCC(=O)OC(CO)COC(=O)CCCCCCCCCCCCCCCCCCCCCCCCCCCCCC/C=C\C/C=C\C/C=C\C/C=C\CC. The molecular formula is C91H148O5. The molecule has 0 fully saturated rings. The second kappa shape index (κ2) is 84.0. The highest BCUT2D eigenvalue weighted by atomic mass is 16.6. The van der Waals surface area contributed by atoms with E-state index in [2.05, 4.69) is 208 Å². The predicted molar refractivity (Wildman–Crippen MR) is 426 cm³/mol. The molecule has 0 heterocycles. The summed E-state index contributed by atoms with van der Waals surface area (Å²) >= 11 is 0. The van der Waals surface area contributed by atoms with Crippen LogP contribution in [0.15, 0.2) is 194 Å². The van der Waals surface area contributed by atoms with Crippen molar-refractivity contribution in [3.05, 3.63) is 194 Å². The minimum Gasteiger partial charge on any atom is -0.462 e. The van der Waals surface area contributed by atoms with Gasteiger partial charge in [0.25, 0.3) is 0 Å². The lowest BCUT2D eigenvalue weighted by molar-refractivity contribution is -0.161. The number of unbranched alkanes of at least 4 members (excludes halogenated alkanes) is 32. The first-order valence-electron chi connectivity index (χ1n) is 40.0. The van der Waals surface area contributed by atoms with Crippen LogP contribution in [0.25, 0.3) is 0 Å². The Morgan fingerprint density at radius 2 is 0.417 bits per heavy atom. The van der Waals surface area contributed by atoms with E-state index in [1.807, 2.05) is 0 Å². The fourth-order valence-electron chi connectivity index (χ4n) is 11.0. The van der Waals surface area contributed by atoms with Crippen molar-refractivity contribution < 1.29 is 24.2 Å². The number of carbonyl (C=O) groups excluding carboxylic acids is 2. The number of rotatable bonds is 72. The standard InChI is InChI=1S/C91H148O5/c1-3-5-7-9-11-13-15-17-19-21-23-25-27-29-31-33-35-37-39-41-43-45-47-49-51-53-55-57-59-61-63-65-67-69-71-73-75-77-79-81-83-85-90(93)95-88-89(87-92)96-91(94)86-84-82-80-78-76-74-72-70-68-66-64-62-60-58-56-54-52-50-48-46-44-42-40-38-36-34-32-30-28-26-24-22-20-18-16-14-12-10-8-6-4-2/h5-8,11-14,17-20,23-26,30,32,36,38,42,44,48,50,54,56,60,62,66,68,72,74,89,92H,3-4,9-10,15-16,21-22,27-29,31,33-35,37,39-41,43,45-47,49,51-53,55,57-59,61,63-65,67,69-71,73,75-88H2,1-2H3/b7-5-,8-6-,13-11-,14-12-,19-17-,20-18-,25-23-,26-24-,32-30-,38-36-,44-42-,50-48-,56-54-,62-60-,68-66-,74-72-. The van der Waals surface area contributed by atoms with Gasteiger partial charge >= 0.3 is 11.9 Å². The van der Waals surface area contributed by atoms with Gasteiger partial charge < -0.3 is 14.6 Å². The Kier molecular flexibility index (Phi) is 79.4. The Bertz CT molecular complexity index is 2140. The predicted octanol–water partition coefficient (Wildman–Crippen LogP) is 28.7. The lowest BCUT2D eigenvalue weighted by atomic mass is 10.0. The molecule has 0 amide bonds. The fourth-order valence-corrected chi connectivity index (χ4v) is 11.0. The molecule has 0 aliphatic heterocycles. The van der Waals surface area contributed by atoms with E-state index in [4.69, 9.17) is 9.47 Å². The molecule has 0 spiro atoms. The molecule has 0 radical (unpaired) electrons. The van der Waals surface area contributed by atoms with Gasteiger partial charge in [0.15, 0.2) is 6.10 Å². The fraction of sp³-hybridized carbons (Fsp3) is 0.626. The smallest absolute Gasteiger partial charge is 0.306 e. The third kappa shape index (κ3) is 81.2. The van der Waals surface area contributed by atoms with Crippen molar-refractivity contribution in [2.75, 3.05) is 13.2 Å². The van der Waals surface area contributed by atoms with E-state index in [0.29, 0.717) is 12.8 Å². The molecule has 0 aliphatic rings. The first kappa shape index (κ1) is 90.7. The molecule has 0 saturated heterocycles. The molecule has 0 bridgehead atoms. The summed E-state index contributed by atoms with van der Waals surface area (Å²) in [7, 11) is 0. The number of hydrogen-bond donors (Lipinski definition) is 1. The molecule has 5 heteroatoms. The van der Waals surface area contributed by atoms with Crippen LogP contribution in [0.3, 0.4) is 0 Å². The number of allylic oxidation sites excluding steroid dienone is 32. The molecule has 0 aliphatic carbocycles. The Balaban J connectivity index is 3.54. The van der Waals surface area contributed by atoms with Gasteiger partial charge in [-0.1, -0.05) is 388 Å². The van der Waals surface area contributed by atoms with Gasteiger partial charge in [0.2, 0.25) is 0 Å². The summed E-state index contributed by atoms with van der Waals surface area (Å²) in [5.41, 5.74) is 0. The third-order valence-electron chi connectivity index (χ3n) is 16.9. The molecule has 1 N–H and O–H groups in total. The second-order valence-corrected chi connectivity index (χ2v) is 26.0. The maximum absolute atomic E-state index is 12.4. The summed E-state index contributed by atoms with van der Waals surface area (Å²) in [5.74, 6) is -0.619. The Morgan fingerprint density at radius 1 is 0.240 bits per heavy atom. The van der Waals surface area contributed by atoms with Gasteiger partial charge in [0.1, 0.15) is 6.61 Å². The summed E-state index contributed by atoms with van der Waals surface area (Å²) in [6.45, 7) is 3.91. The molecule has 542 valence electrons. The monoisotopic (exact) mass is 1320 g/mol. The van der Waals surface area contributed by atoms with E-state index in [1.54, 1.807) is 0 Å². The normalized spacial score (nSPS) is 13.3. The van der Waals surface area contributed by atoms with Gasteiger partial charge in [0, 0.05) is 12.8 Å². The van der Waals surface area contributed by atoms with E-state index in [1.165, 1.54) is 167 Å². The highest BCUT2D eigenvalue weighted by molar-refractivity contribution is 5.70. The lowest BCUT2D eigenvalue weighted by Crippen LogP contribution is -2.28. The van der Waals surface area contributed by atoms with Crippen LogP contribution in [0.2, 0.25) is 0 Å². The molecular weight excluding hydrogens is 1170 g/mol. The van der Waals surface area contributed by atoms with Crippen LogP contribution < -0.4 is 0 Å². The number of esters is 2. The van der Waals surface area contributed by atoms with Gasteiger partial charge in [0.05, 0.1) is 6.61 Å². The van der Waals surface area contributed by atoms with Crippen molar-refractivity contribution in [3.63, 3.8) is 0 Å². The molecule has 0 aromatic heterocycles. The number of ether oxygens (including phenoxy) is 2. The average molecular weight is 1320 g/mol. The van der Waals surface area contributed by atoms with Crippen LogP contribution >= 0.6 is 0 Å². The Labute approximate surface area is 594 Å². The van der Waals surface area contributed by atoms with Crippen molar-refractivity contribution in [2.45, 2.75) is 354 Å². The van der Waals surface area contributed by atoms with Gasteiger partial charge in [-0.05, 0) is 141 Å². The largest absolute Gasteiger partial charge is 0.462 e. The van der Waals surface area contributed by atoms with Crippen molar-refractivity contribution in [3.8, 4) is 0 Å². The average Bonchev–Trinajstić information content (AvgIpc) is 3.79. The molecule has 0 aromatic carbocycles. The van der Waals surface area contributed by atoms with Gasteiger partial charge in [-0.3, -0.25) is 9.59 Å². The van der Waals surface area contributed by atoms with Crippen molar-refractivity contribution in [2.24, 2.45) is 0 Å². The molecule has 1 atom stereocenters. The number of aliphatic hydroxyl groups excluding tert-OH is 1. The van der Waals surface area contributed by atoms with Crippen LogP contribution in [0.5, 0.6) is 0 Å². The topological polar surface area (TPSA) is 72.8 Å². The van der Waals surface area contributed by atoms with Gasteiger partial charge in [-0.25, -0.2) is 0 Å². The zero-order valence-electron chi connectivity index (χ0n) is 62.3. The maximum Gasteiger partial charge on any atom is 0.306 e. The molecule has 5 nitrogen and oxygen atoms in total. The van der Waals surface area contributed by atoms with E-state index in [-0.39, 0.29) is 25.2 Å². The molecule has 0 saturated carbocycles. The van der Waals surface area contributed by atoms with E-state index < -0.39 is 6.10 Å². The summed E-state index contributed by atoms with van der Waals surface area (Å²) in [6.07, 6.45) is 132. The molecule has 0 aromatic rings. The first-order chi connectivity index (χ1) is 47.6. The van der Waals surface area contributed by atoms with Crippen LogP contribution in [0, 0.1) is 0 Å². The number of hydrogen-bond acceptors (Lipinski definition) is 5. The van der Waals surface area contributed by atoms with Crippen LogP contribution in [-0.2, 0) is 19.1 Å². The van der Waals surface area contributed by atoms with E-state index >= 15 is 0 Å². The van der Waals surface area contributed by atoms with Crippen LogP contribution in [0.1, 0.15) is 348 Å². The summed E-state index contributed by atoms with van der Waals surface area (Å²) in [4.78, 5) is 24.7. The molecule has 1 unspecified atom stereocenters. The summed E-state index contributed by atoms with van der Waals surface area (Å²) in [5, 5.41) is 9.72. The maximum atomic E-state index is 12.4. The minimum absolute atomic E-state index is 0.0836. The van der Waals surface area contributed by atoms with Gasteiger partial charge in [-0.15, -0.1) is 0 Å². The lowest BCUT2D eigenvalue weighted by Gasteiger charge is -2.15. The number of carbonyl (C=O) groups is 2. The minimum atomic E-state index is -0.799. The quantitative estimate of drug-likeness (QED) is 0.0373. The van der Waals surface area contributed by atoms with Crippen LogP contribution in [-0.4, -0.2) is 36.4 Å². The summed E-state index contributed by atoms with van der Waals surface area (Å²) in [6, 6.07) is 0. The van der Waals surface area contributed by atoms with E-state index in [9.17, 15) is 14.7 Å². The van der Waals surface area contributed by atoms with E-state index in [0.717, 1.165) is 154 Å². The summed E-state index contributed by atoms with van der Waals surface area (Å²) < 4.78 is 10.8. The third-order valence-corrected chi connectivity index (χ3v) is 16.9. The first-order valence-corrected chi connectivity index (χ1v) is 40.0. The Hall–Kier alpha value is -5.26. The van der Waals surface area contributed by atoms with Crippen molar-refractivity contribution in [1.29, 1.82) is 0 Å². The van der Waals surface area contributed by atoms with Gasteiger partial charge in [-0.2, -0.15) is 0 Å². The molecule has 0 rings (SSSR count). The highest BCUT2D eigenvalue weighted by Gasteiger charge is 2.16. The zero-order valence-corrected chi connectivity index (χ0v) is 62.3. The van der Waals surface area contributed by atoms with Crippen molar-refractivity contribution >= 4 is 11.9 Å². The van der Waals surface area contributed by atoms with Crippen LogP contribution in [0.4, 0.5) is 0 Å². The highest BCUT2D eigenvalue weighted by Crippen LogP contribution is 2.18.